The maximum absolute atomic E-state index is 12.5. The number of hydrogen-bond acceptors (Lipinski definition) is 3. The number of hydrogen-bond donors (Lipinski definition) is 1. The van der Waals surface area contributed by atoms with Gasteiger partial charge in [-0.15, -0.1) is 0 Å². The standard InChI is InChI=1S/C18H17N3OS/c1-12(2)14-9-7-13(8-10-14)11-19-21-17(22)15-5-3-4-6-16(15)20-18(21)23/h3-12H,1-2H3,(H,20,23)/b19-11-. The zero-order valence-electron chi connectivity index (χ0n) is 13.0. The number of fused-ring (bicyclic) bond motifs is 1. The van der Waals surface area contributed by atoms with Crippen molar-refractivity contribution in [3.05, 3.63) is 74.8 Å². The van der Waals surface area contributed by atoms with Gasteiger partial charge in [-0.25, -0.2) is 0 Å². The molecule has 1 aromatic heterocycles. The topological polar surface area (TPSA) is 50.1 Å². The van der Waals surface area contributed by atoms with Crippen LogP contribution in [0.25, 0.3) is 10.9 Å². The lowest BCUT2D eigenvalue weighted by atomic mass is 10.0. The molecule has 23 heavy (non-hydrogen) atoms. The van der Waals surface area contributed by atoms with E-state index in [-0.39, 0.29) is 10.3 Å². The van der Waals surface area contributed by atoms with Crippen molar-refractivity contribution in [2.24, 2.45) is 5.10 Å². The molecule has 0 bridgehead atoms. The lowest BCUT2D eigenvalue weighted by Crippen LogP contribution is -2.18. The van der Waals surface area contributed by atoms with Gasteiger partial charge in [-0.1, -0.05) is 50.2 Å². The van der Waals surface area contributed by atoms with Crippen molar-refractivity contribution in [1.82, 2.24) is 9.66 Å². The summed E-state index contributed by atoms with van der Waals surface area (Å²) in [6.07, 6.45) is 1.64. The van der Waals surface area contributed by atoms with E-state index < -0.39 is 0 Å². The van der Waals surface area contributed by atoms with Gasteiger partial charge in [0, 0.05) is 0 Å². The van der Waals surface area contributed by atoms with Crippen LogP contribution in [0.2, 0.25) is 0 Å². The van der Waals surface area contributed by atoms with E-state index in [9.17, 15) is 4.79 Å². The van der Waals surface area contributed by atoms with E-state index in [4.69, 9.17) is 12.2 Å². The Morgan fingerprint density at radius 2 is 1.83 bits per heavy atom. The Hall–Kier alpha value is -2.53. The van der Waals surface area contributed by atoms with Crippen molar-refractivity contribution in [2.75, 3.05) is 0 Å². The largest absolute Gasteiger partial charge is 0.330 e. The van der Waals surface area contributed by atoms with E-state index in [1.54, 1.807) is 12.3 Å². The van der Waals surface area contributed by atoms with Gasteiger partial charge < -0.3 is 4.98 Å². The average Bonchev–Trinajstić information content (AvgIpc) is 2.55. The van der Waals surface area contributed by atoms with Crippen molar-refractivity contribution >= 4 is 29.3 Å². The molecule has 0 aliphatic heterocycles. The minimum atomic E-state index is -0.223. The van der Waals surface area contributed by atoms with Crippen molar-refractivity contribution in [3.8, 4) is 0 Å². The molecule has 1 heterocycles. The van der Waals surface area contributed by atoms with Crippen LogP contribution in [0.4, 0.5) is 0 Å². The van der Waals surface area contributed by atoms with Gasteiger partial charge in [-0.2, -0.15) is 9.78 Å². The second kappa shape index (κ2) is 6.30. The Bertz CT molecular complexity index is 982. The van der Waals surface area contributed by atoms with Crippen LogP contribution in [0.3, 0.4) is 0 Å². The molecule has 116 valence electrons. The Morgan fingerprint density at radius 1 is 1.13 bits per heavy atom. The smallest absolute Gasteiger partial charge is 0.282 e. The number of nitrogens with one attached hydrogen (secondary N) is 1. The summed E-state index contributed by atoms with van der Waals surface area (Å²) in [4.78, 5) is 15.5. The summed E-state index contributed by atoms with van der Waals surface area (Å²) in [5.41, 5.74) is 2.68. The van der Waals surface area contributed by atoms with E-state index in [1.165, 1.54) is 10.2 Å². The maximum atomic E-state index is 12.5. The Morgan fingerprint density at radius 3 is 2.52 bits per heavy atom. The fraction of sp³-hybridized carbons (Fsp3) is 0.167. The molecule has 0 aliphatic carbocycles. The molecule has 0 saturated carbocycles. The quantitative estimate of drug-likeness (QED) is 0.583. The molecule has 0 fully saturated rings. The van der Waals surface area contributed by atoms with Crippen molar-refractivity contribution < 1.29 is 0 Å². The highest BCUT2D eigenvalue weighted by Gasteiger charge is 2.03. The van der Waals surface area contributed by atoms with Gasteiger partial charge in [0.25, 0.3) is 5.56 Å². The van der Waals surface area contributed by atoms with Crippen LogP contribution >= 0.6 is 12.2 Å². The highest BCUT2D eigenvalue weighted by atomic mass is 32.1. The van der Waals surface area contributed by atoms with Crippen LogP contribution < -0.4 is 5.56 Å². The molecule has 0 radical (unpaired) electrons. The highest BCUT2D eigenvalue weighted by molar-refractivity contribution is 7.71. The zero-order chi connectivity index (χ0) is 16.4. The summed E-state index contributed by atoms with van der Waals surface area (Å²) in [5.74, 6) is 0.484. The van der Waals surface area contributed by atoms with Crippen LogP contribution in [-0.2, 0) is 0 Å². The molecule has 2 aromatic carbocycles. The molecule has 0 unspecified atom stereocenters. The van der Waals surface area contributed by atoms with E-state index in [0.717, 1.165) is 11.1 Å². The average molecular weight is 323 g/mol. The molecule has 3 rings (SSSR count). The number of para-hydroxylation sites is 1. The lowest BCUT2D eigenvalue weighted by molar-refractivity contribution is 0.799. The summed E-state index contributed by atoms with van der Waals surface area (Å²) in [6, 6.07) is 15.4. The predicted molar refractivity (Wildman–Crippen MR) is 96.9 cm³/mol. The van der Waals surface area contributed by atoms with Crippen LogP contribution in [-0.4, -0.2) is 15.9 Å². The molecular weight excluding hydrogens is 306 g/mol. The van der Waals surface area contributed by atoms with Crippen molar-refractivity contribution in [1.29, 1.82) is 0 Å². The molecule has 0 amide bonds. The second-order valence-corrected chi connectivity index (χ2v) is 6.05. The van der Waals surface area contributed by atoms with Gasteiger partial charge in [0.2, 0.25) is 4.77 Å². The van der Waals surface area contributed by atoms with Crippen LogP contribution in [0.5, 0.6) is 0 Å². The van der Waals surface area contributed by atoms with Crippen LogP contribution in [0.1, 0.15) is 30.9 Å². The molecule has 0 spiro atoms. The minimum absolute atomic E-state index is 0.223. The van der Waals surface area contributed by atoms with Crippen molar-refractivity contribution in [2.45, 2.75) is 19.8 Å². The summed E-state index contributed by atoms with van der Waals surface area (Å²) in [7, 11) is 0. The first-order valence-electron chi connectivity index (χ1n) is 7.44. The minimum Gasteiger partial charge on any atom is -0.330 e. The molecule has 0 atom stereocenters. The van der Waals surface area contributed by atoms with E-state index >= 15 is 0 Å². The third-order valence-electron chi connectivity index (χ3n) is 3.71. The summed E-state index contributed by atoms with van der Waals surface area (Å²) >= 11 is 5.23. The fourth-order valence-electron chi connectivity index (χ4n) is 2.35. The highest BCUT2D eigenvalue weighted by Crippen LogP contribution is 2.14. The Labute approximate surface area is 139 Å². The van der Waals surface area contributed by atoms with E-state index in [1.807, 2.05) is 30.3 Å². The van der Waals surface area contributed by atoms with Crippen LogP contribution in [0, 0.1) is 4.77 Å². The Kier molecular flexibility index (Phi) is 4.21. The van der Waals surface area contributed by atoms with Gasteiger partial charge in [0.1, 0.15) is 0 Å². The predicted octanol–water partition coefficient (Wildman–Crippen LogP) is 4.06. The maximum Gasteiger partial charge on any atom is 0.282 e. The number of aromatic amines is 1. The third-order valence-corrected chi connectivity index (χ3v) is 3.98. The number of benzene rings is 2. The number of rotatable bonds is 3. The summed E-state index contributed by atoms with van der Waals surface area (Å²) in [6.45, 7) is 4.30. The third kappa shape index (κ3) is 3.14. The SMILES string of the molecule is CC(C)c1ccc(/C=N\n2c(=S)[nH]c3ccccc3c2=O)cc1. The number of H-pyrrole nitrogens is 1. The molecule has 5 heteroatoms. The van der Waals surface area contributed by atoms with Gasteiger partial charge >= 0.3 is 0 Å². The second-order valence-electron chi connectivity index (χ2n) is 5.66. The molecule has 0 aliphatic rings. The molecule has 1 N–H and O–H groups in total. The Balaban J connectivity index is 2.01. The molecule has 0 saturated heterocycles. The summed E-state index contributed by atoms with van der Waals surface area (Å²) in [5, 5.41) is 4.81. The number of aromatic nitrogens is 2. The molecule has 3 aromatic rings. The van der Waals surface area contributed by atoms with Crippen molar-refractivity contribution in [3.63, 3.8) is 0 Å². The zero-order valence-corrected chi connectivity index (χ0v) is 13.8. The first-order chi connectivity index (χ1) is 11.1. The number of nitrogens with zero attached hydrogens (tertiary/aromatic N) is 2. The fourth-order valence-corrected chi connectivity index (χ4v) is 2.59. The lowest BCUT2D eigenvalue weighted by Gasteiger charge is -2.05. The first kappa shape index (κ1) is 15.4. The van der Waals surface area contributed by atoms with Gasteiger partial charge in [-0.05, 0) is 41.4 Å². The van der Waals surface area contributed by atoms with Gasteiger partial charge in [0.15, 0.2) is 0 Å². The van der Waals surface area contributed by atoms with Gasteiger partial charge in [0.05, 0.1) is 17.1 Å². The first-order valence-corrected chi connectivity index (χ1v) is 7.85. The molecular formula is C18H17N3OS. The summed E-state index contributed by atoms with van der Waals surface area (Å²) < 4.78 is 1.50. The molecule has 4 nitrogen and oxygen atoms in total. The van der Waals surface area contributed by atoms with Crippen LogP contribution in [0.15, 0.2) is 58.4 Å². The normalized spacial score (nSPS) is 11.6. The van der Waals surface area contributed by atoms with E-state index in [0.29, 0.717) is 11.3 Å². The van der Waals surface area contributed by atoms with E-state index in [2.05, 4.69) is 36.1 Å². The monoisotopic (exact) mass is 323 g/mol. The van der Waals surface area contributed by atoms with Gasteiger partial charge in [-0.3, -0.25) is 4.79 Å².